The lowest BCUT2D eigenvalue weighted by molar-refractivity contribution is -0.109. The molecule has 0 fully saturated rings. The molecular weight excluding hydrogens is 276 g/mol. The summed E-state index contributed by atoms with van der Waals surface area (Å²) in [4.78, 5) is 20.0. The van der Waals surface area contributed by atoms with Gasteiger partial charge in [0.05, 0.1) is 25.5 Å². The van der Waals surface area contributed by atoms with Crippen LogP contribution in [0.2, 0.25) is 0 Å². The molecule has 1 unspecified atom stereocenters. The van der Waals surface area contributed by atoms with Gasteiger partial charge in [0.15, 0.2) is 5.16 Å². The molecule has 0 saturated heterocycles. The van der Waals surface area contributed by atoms with Crippen LogP contribution in [-0.4, -0.2) is 35.7 Å². The molecule has 0 bridgehead atoms. The Balaban J connectivity index is 3.03. The van der Waals surface area contributed by atoms with Gasteiger partial charge in [-0.15, -0.1) is 0 Å². The van der Waals surface area contributed by atoms with Crippen LogP contribution in [0.3, 0.4) is 0 Å². The van der Waals surface area contributed by atoms with Crippen LogP contribution in [0.4, 0.5) is 0 Å². The highest BCUT2D eigenvalue weighted by Gasteiger charge is 2.32. The first-order valence-corrected chi connectivity index (χ1v) is 7.50. The SMILES string of the molecule is CCC(C)(CC)C(C=O)Sc1nc(OC)cc(OC)n1. The molecule has 0 aliphatic carbocycles. The molecule has 0 spiro atoms. The summed E-state index contributed by atoms with van der Waals surface area (Å²) >= 11 is 1.35. The topological polar surface area (TPSA) is 61.3 Å². The molecule has 0 aliphatic heterocycles. The molecule has 0 amide bonds. The van der Waals surface area contributed by atoms with Gasteiger partial charge in [-0.1, -0.05) is 32.5 Å². The Morgan fingerprint density at radius 3 is 2.10 bits per heavy atom. The van der Waals surface area contributed by atoms with Gasteiger partial charge in [0.1, 0.15) is 6.29 Å². The van der Waals surface area contributed by atoms with E-state index in [1.54, 1.807) is 6.07 Å². The molecule has 20 heavy (non-hydrogen) atoms. The minimum absolute atomic E-state index is 0.0773. The van der Waals surface area contributed by atoms with Crippen molar-refractivity contribution in [3.63, 3.8) is 0 Å². The van der Waals surface area contributed by atoms with Crippen LogP contribution in [0.25, 0.3) is 0 Å². The fraction of sp³-hybridized carbons (Fsp3) is 0.643. The van der Waals surface area contributed by atoms with Crippen molar-refractivity contribution in [1.29, 1.82) is 0 Å². The molecule has 1 aromatic rings. The molecule has 0 radical (unpaired) electrons. The van der Waals surface area contributed by atoms with Crippen molar-refractivity contribution in [3.8, 4) is 11.8 Å². The summed E-state index contributed by atoms with van der Waals surface area (Å²) in [6.45, 7) is 6.29. The lowest BCUT2D eigenvalue weighted by Gasteiger charge is -2.31. The number of hydrogen-bond acceptors (Lipinski definition) is 6. The predicted molar refractivity (Wildman–Crippen MR) is 79.5 cm³/mol. The van der Waals surface area contributed by atoms with Gasteiger partial charge in [0.25, 0.3) is 0 Å². The first kappa shape index (κ1) is 16.8. The molecule has 0 N–H and O–H groups in total. The Morgan fingerprint density at radius 2 is 1.75 bits per heavy atom. The lowest BCUT2D eigenvalue weighted by Crippen LogP contribution is -2.30. The third kappa shape index (κ3) is 3.85. The fourth-order valence-corrected chi connectivity index (χ4v) is 2.93. The van der Waals surface area contributed by atoms with Crippen molar-refractivity contribution in [3.05, 3.63) is 6.07 Å². The molecular formula is C14H22N2O3S. The molecule has 1 heterocycles. The number of aromatic nitrogens is 2. The Bertz CT molecular complexity index is 428. The molecule has 0 aromatic carbocycles. The number of rotatable bonds is 8. The van der Waals surface area contributed by atoms with E-state index in [1.807, 2.05) is 0 Å². The van der Waals surface area contributed by atoms with Crippen LogP contribution >= 0.6 is 11.8 Å². The molecule has 1 atom stereocenters. The lowest BCUT2D eigenvalue weighted by atomic mass is 9.81. The van der Waals surface area contributed by atoms with Gasteiger partial charge in [-0.05, 0) is 18.3 Å². The van der Waals surface area contributed by atoms with Crippen LogP contribution in [0.5, 0.6) is 11.8 Å². The van der Waals surface area contributed by atoms with Crippen LogP contribution in [0.1, 0.15) is 33.6 Å². The van der Waals surface area contributed by atoms with Crippen molar-refractivity contribution in [2.75, 3.05) is 14.2 Å². The smallest absolute Gasteiger partial charge is 0.220 e. The summed E-state index contributed by atoms with van der Waals surface area (Å²) < 4.78 is 10.2. The minimum atomic E-state index is -0.200. The largest absolute Gasteiger partial charge is 0.481 e. The quantitative estimate of drug-likeness (QED) is 0.418. The summed E-state index contributed by atoms with van der Waals surface area (Å²) in [5, 5.41) is 0.292. The molecule has 112 valence electrons. The van der Waals surface area contributed by atoms with Crippen LogP contribution in [0.15, 0.2) is 11.2 Å². The maximum atomic E-state index is 11.4. The van der Waals surface area contributed by atoms with E-state index in [1.165, 1.54) is 26.0 Å². The van der Waals surface area contributed by atoms with Crippen molar-refractivity contribution < 1.29 is 14.3 Å². The fourth-order valence-electron chi connectivity index (χ4n) is 1.75. The van der Waals surface area contributed by atoms with Crippen molar-refractivity contribution >= 4 is 18.0 Å². The van der Waals surface area contributed by atoms with E-state index in [0.717, 1.165) is 19.1 Å². The number of hydrogen-bond donors (Lipinski definition) is 0. The van der Waals surface area contributed by atoms with Crippen LogP contribution in [-0.2, 0) is 4.79 Å². The molecule has 1 aromatic heterocycles. The highest BCUT2D eigenvalue weighted by Crippen LogP contribution is 2.39. The third-order valence-corrected chi connectivity index (χ3v) is 5.06. The Hall–Kier alpha value is -1.30. The number of ether oxygens (including phenoxy) is 2. The van der Waals surface area contributed by atoms with Gasteiger partial charge in [-0.3, -0.25) is 0 Å². The normalized spacial score (nSPS) is 12.8. The number of thioether (sulfide) groups is 1. The van der Waals surface area contributed by atoms with Gasteiger partial charge in [-0.2, -0.15) is 9.97 Å². The highest BCUT2D eigenvalue weighted by molar-refractivity contribution is 8.00. The monoisotopic (exact) mass is 298 g/mol. The van der Waals surface area contributed by atoms with Gasteiger partial charge in [-0.25, -0.2) is 0 Å². The summed E-state index contributed by atoms with van der Waals surface area (Å²) in [6.07, 6.45) is 2.81. The number of carbonyl (C=O) groups excluding carboxylic acids is 1. The molecule has 0 saturated carbocycles. The van der Waals surface area contributed by atoms with E-state index < -0.39 is 0 Å². The van der Waals surface area contributed by atoms with Crippen molar-refractivity contribution in [2.45, 2.75) is 44.0 Å². The second-order valence-electron chi connectivity index (χ2n) is 4.77. The van der Waals surface area contributed by atoms with Gasteiger partial charge in [0, 0.05) is 0 Å². The van der Waals surface area contributed by atoms with E-state index in [2.05, 4.69) is 30.7 Å². The van der Waals surface area contributed by atoms with E-state index in [0.29, 0.717) is 16.9 Å². The molecule has 5 nitrogen and oxygen atoms in total. The van der Waals surface area contributed by atoms with E-state index in [9.17, 15) is 4.79 Å². The maximum Gasteiger partial charge on any atom is 0.220 e. The second-order valence-corrected chi connectivity index (χ2v) is 5.88. The number of aldehydes is 1. The van der Waals surface area contributed by atoms with E-state index >= 15 is 0 Å². The number of methoxy groups -OCH3 is 2. The van der Waals surface area contributed by atoms with Gasteiger partial charge < -0.3 is 14.3 Å². The average Bonchev–Trinajstić information content (AvgIpc) is 2.51. The summed E-state index contributed by atoms with van der Waals surface area (Å²) in [5.74, 6) is 0.859. The number of nitrogens with zero attached hydrogens (tertiary/aromatic N) is 2. The molecule has 1 rings (SSSR count). The summed E-state index contributed by atoms with van der Waals surface area (Å²) in [7, 11) is 3.07. The Morgan fingerprint density at radius 1 is 1.25 bits per heavy atom. The Kier molecular flexibility index (Phi) is 6.26. The standard InChI is InChI=1S/C14H22N2O3S/c1-6-14(3,7-2)10(9-17)20-13-15-11(18-4)8-12(16-13)19-5/h8-10H,6-7H2,1-5H3. The average molecular weight is 298 g/mol. The minimum Gasteiger partial charge on any atom is -0.481 e. The summed E-state index contributed by atoms with van der Waals surface area (Å²) in [5.41, 5.74) is -0.0773. The van der Waals surface area contributed by atoms with Crippen molar-refractivity contribution in [1.82, 2.24) is 9.97 Å². The Labute approximate surface area is 124 Å². The van der Waals surface area contributed by atoms with Gasteiger partial charge >= 0.3 is 0 Å². The van der Waals surface area contributed by atoms with Crippen molar-refractivity contribution in [2.24, 2.45) is 5.41 Å². The number of carbonyl (C=O) groups is 1. The van der Waals surface area contributed by atoms with E-state index in [-0.39, 0.29) is 10.7 Å². The van der Waals surface area contributed by atoms with E-state index in [4.69, 9.17) is 9.47 Å². The first-order valence-electron chi connectivity index (χ1n) is 6.62. The zero-order valence-corrected chi connectivity index (χ0v) is 13.5. The first-order chi connectivity index (χ1) is 9.52. The third-order valence-electron chi connectivity index (χ3n) is 3.74. The summed E-state index contributed by atoms with van der Waals surface area (Å²) in [6, 6.07) is 1.61. The molecule has 0 aliphatic rings. The highest BCUT2D eigenvalue weighted by atomic mass is 32.2. The van der Waals surface area contributed by atoms with Crippen LogP contribution in [0, 0.1) is 5.41 Å². The molecule has 6 heteroatoms. The maximum absolute atomic E-state index is 11.4. The predicted octanol–water partition coefficient (Wildman–Crippen LogP) is 2.98. The zero-order chi connectivity index (χ0) is 15.2. The van der Waals surface area contributed by atoms with Gasteiger partial charge in [0.2, 0.25) is 11.8 Å². The zero-order valence-electron chi connectivity index (χ0n) is 12.7. The van der Waals surface area contributed by atoms with Crippen LogP contribution < -0.4 is 9.47 Å². The second kappa shape index (κ2) is 7.47.